The summed E-state index contributed by atoms with van der Waals surface area (Å²) in [6.07, 6.45) is 2.46. The molecule has 0 aromatic heterocycles. The largest absolute Gasteiger partial charge is 1.00 e. The monoisotopic (exact) mass is 342 g/mol. The molecule has 1 aromatic rings. The number of esters is 1. The van der Waals surface area contributed by atoms with Crippen molar-refractivity contribution in [3.8, 4) is 11.5 Å². The Morgan fingerprint density at radius 2 is 2.08 bits per heavy atom. The number of ether oxygens (including phenoxy) is 2. The zero-order chi connectivity index (χ0) is 17.1. The van der Waals surface area contributed by atoms with Crippen LogP contribution in [-0.4, -0.2) is 24.2 Å². The predicted octanol–water partition coefficient (Wildman–Crippen LogP) is -1.60. The number of carbonyl (C=O) groups is 2. The first kappa shape index (κ1) is 20.5. The third kappa shape index (κ3) is 4.12. The molecule has 0 spiro atoms. The van der Waals surface area contributed by atoms with Crippen LogP contribution in [0.3, 0.4) is 0 Å². The van der Waals surface area contributed by atoms with Gasteiger partial charge in [-0.3, -0.25) is 0 Å². The zero-order valence-electron chi connectivity index (χ0n) is 14.4. The minimum atomic E-state index is -1.10. The van der Waals surface area contributed by atoms with E-state index >= 15 is 0 Å². The number of allylic oxidation sites excluding steroid dienone is 2. The number of rotatable bonds is 6. The Morgan fingerprint density at radius 3 is 2.67 bits per heavy atom. The fourth-order valence-corrected chi connectivity index (χ4v) is 2.71. The normalized spacial score (nSPS) is 13.1. The summed E-state index contributed by atoms with van der Waals surface area (Å²) in [5, 5.41) is 20.9. The number of hydrogen-bond donors (Lipinski definition) is 1. The van der Waals surface area contributed by atoms with Crippen LogP contribution in [0.25, 0.3) is 0 Å². The molecule has 1 heterocycles. The Bertz CT molecular complexity index is 693. The summed E-state index contributed by atoms with van der Waals surface area (Å²) in [4.78, 5) is 22.3. The summed E-state index contributed by atoms with van der Waals surface area (Å²) in [7, 11) is 1.50. The number of aliphatic carboxylic acids is 1. The summed E-state index contributed by atoms with van der Waals surface area (Å²) in [5.74, 6) is -1.26. The molecule has 0 saturated heterocycles. The molecule has 0 fully saturated rings. The second kappa shape index (κ2) is 8.55. The second-order valence-electron chi connectivity index (χ2n) is 5.54. The van der Waals surface area contributed by atoms with E-state index in [9.17, 15) is 19.8 Å². The SMILES string of the molecule is COc1c(C)c2c(c(O)c1C/C=C(/C)CCC(=O)[O-])C(=O)OC2.[Na+]. The average molecular weight is 342 g/mol. The number of methoxy groups -OCH3 is 1. The van der Waals surface area contributed by atoms with E-state index in [1.807, 2.05) is 13.0 Å². The molecule has 0 unspecified atom stereocenters. The Kier molecular flexibility index (Phi) is 7.32. The van der Waals surface area contributed by atoms with Gasteiger partial charge in [0.25, 0.3) is 0 Å². The third-order valence-electron chi connectivity index (χ3n) is 4.03. The maximum atomic E-state index is 11.8. The van der Waals surface area contributed by atoms with Gasteiger partial charge < -0.3 is 24.5 Å². The van der Waals surface area contributed by atoms with Crippen molar-refractivity contribution in [2.24, 2.45) is 0 Å². The van der Waals surface area contributed by atoms with Gasteiger partial charge >= 0.3 is 35.5 Å². The molecule has 1 N–H and O–H groups in total. The number of carbonyl (C=O) groups excluding carboxylic acids is 2. The Hall–Kier alpha value is -1.50. The molecular weight excluding hydrogens is 323 g/mol. The molecular formula is C17H19NaO6. The molecule has 0 amide bonds. The minimum Gasteiger partial charge on any atom is -0.550 e. The standard InChI is InChI=1S/C17H20O6.Na/c1-9(5-7-13(18)19)4-6-11-15(20)14-12(8-23-17(14)21)10(2)16(11)22-3;/h4,20H,5-8H2,1-3H3,(H,18,19);/q;+1/p-1/b9-4-;. The van der Waals surface area contributed by atoms with Crippen LogP contribution in [0, 0.1) is 6.92 Å². The Balaban J connectivity index is 0.00000288. The first-order valence-electron chi connectivity index (χ1n) is 7.30. The minimum absolute atomic E-state index is 0. The van der Waals surface area contributed by atoms with Gasteiger partial charge in [0.2, 0.25) is 0 Å². The van der Waals surface area contributed by atoms with E-state index in [1.165, 1.54) is 7.11 Å². The van der Waals surface area contributed by atoms with Crippen LogP contribution >= 0.6 is 0 Å². The van der Waals surface area contributed by atoms with E-state index in [4.69, 9.17) is 9.47 Å². The Labute approximate surface area is 162 Å². The molecule has 1 aliphatic heterocycles. The number of phenols is 1. The van der Waals surface area contributed by atoms with Crippen molar-refractivity contribution in [3.05, 3.63) is 33.9 Å². The van der Waals surface area contributed by atoms with E-state index < -0.39 is 11.9 Å². The molecule has 0 atom stereocenters. The van der Waals surface area contributed by atoms with Gasteiger partial charge in [-0.1, -0.05) is 11.6 Å². The summed E-state index contributed by atoms with van der Waals surface area (Å²) < 4.78 is 10.4. The number of aromatic hydroxyl groups is 1. The van der Waals surface area contributed by atoms with Gasteiger partial charge in [0.1, 0.15) is 23.7 Å². The van der Waals surface area contributed by atoms with Crippen LogP contribution in [-0.2, 0) is 22.6 Å². The molecule has 0 saturated carbocycles. The fraction of sp³-hybridized carbons (Fsp3) is 0.412. The van der Waals surface area contributed by atoms with Crippen LogP contribution in [0.1, 0.15) is 46.8 Å². The summed E-state index contributed by atoms with van der Waals surface area (Å²) in [5.41, 5.74) is 2.96. The van der Waals surface area contributed by atoms with Crippen molar-refractivity contribution in [1.82, 2.24) is 0 Å². The van der Waals surface area contributed by atoms with E-state index in [1.54, 1.807) is 6.92 Å². The second-order valence-corrected chi connectivity index (χ2v) is 5.54. The quantitative estimate of drug-likeness (QED) is 0.380. The van der Waals surface area contributed by atoms with Crippen LogP contribution in [0.4, 0.5) is 0 Å². The molecule has 124 valence electrons. The van der Waals surface area contributed by atoms with Crippen molar-refractivity contribution in [3.63, 3.8) is 0 Å². The zero-order valence-corrected chi connectivity index (χ0v) is 16.4. The molecule has 0 aliphatic carbocycles. The van der Waals surface area contributed by atoms with Crippen molar-refractivity contribution >= 4 is 11.9 Å². The molecule has 6 nitrogen and oxygen atoms in total. The maximum absolute atomic E-state index is 11.8. The molecule has 1 aliphatic rings. The van der Waals surface area contributed by atoms with Gasteiger partial charge in [-0.2, -0.15) is 0 Å². The van der Waals surface area contributed by atoms with Gasteiger partial charge in [0.05, 0.1) is 7.11 Å². The first-order valence-corrected chi connectivity index (χ1v) is 7.30. The molecule has 24 heavy (non-hydrogen) atoms. The van der Waals surface area contributed by atoms with Gasteiger partial charge in [-0.15, -0.1) is 0 Å². The topological polar surface area (TPSA) is 95.9 Å². The van der Waals surface area contributed by atoms with E-state index in [-0.39, 0.29) is 53.9 Å². The summed E-state index contributed by atoms with van der Waals surface area (Å²) >= 11 is 0. The van der Waals surface area contributed by atoms with Gasteiger partial charge in [0, 0.05) is 17.1 Å². The number of cyclic esters (lactones) is 1. The van der Waals surface area contributed by atoms with Gasteiger partial charge in [-0.25, -0.2) is 4.79 Å². The molecule has 7 heteroatoms. The third-order valence-corrected chi connectivity index (χ3v) is 4.03. The van der Waals surface area contributed by atoms with E-state index in [2.05, 4.69) is 0 Å². The number of carboxylic acid groups (broad SMARTS) is 1. The van der Waals surface area contributed by atoms with Crippen molar-refractivity contribution < 1.29 is 58.8 Å². The summed E-state index contributed by atoms with van der Waals surface area (Å²) in [6, 6.07) is 0. The fourth-order valence-electron chi connectivity index (χ4n) is 2.71. The summed E-state index contributed by atoms with van der Waals surface area (Å²) in [6.45, 7) is 3.75. The van der Waals surface area contributed by atoms with E-state index in [0.29, 0.717) is 29.7 Å². The molecule has 2 rings (SSSR count). The Morgan fingerprint density at radius 1 is 1.42 bits per heavy atom. The van der Waals surface area contributed by atoms with E-state index in [0.717, 1.165) is 11.1 Å². The number of hydrogen-bond acceptors (Lipinski definition) is 6. The number of carboxylic acids is 1. The van der Waals surface area contributed by atoms with Crippen LogP contribution < -0.4 is 39.4 Å². The molecule has 1 aromatic carbocycles. The molecule has 0 radical (unpaired) electrons. The number of benzene rings is 1. The van der Waals surface area contributed by atoms with Crippen molar-refractivity contribution in [2.45, 2.75) is 39.7 Å². The number of fused-ring (bicyclic) bond motifs is 1. The smallest absolute Gasteiger partial charge is 0.550 e. The van der Waals surface area contributed by atoms with Crippen molar-refractivity contribution in [1.29, 1.82) is 0 Å². The maximum Gasteiger partial charge on any atom is 1.00 e. The van der Waals surface area contributed by atoms with Gasteiger partial charge in [0.15, 0.2) is 0 Å². The van der Waals surface area contributed by atoms with Crippen molar-refractivity contribution in [2.75, 3.05) is 7.11 Å². The first-order chi connectivity index (χ1) is 10.9. The average Bonchev–Trinajstić information content (AvgIpc) is 2.89. The molecule has 0 bridgehead atoms. The van der Waals surface area contributed by atoms with Crippen LogP contribution in [0.5, 0.6) is 11.5 Å². The number of phenolic OH excluding ortho intramolecular Hbond substituents is 1. The van der Waals surface area contributed by atoms with Gasteiger partial charge in [-0.05, 0) is 38.7 Å². The van der Waals surface area contributed by atoms with Crippen LogP contribution in [0.15, 0.2) is 11.6 Å². The predicted molar refractivity (Wildman–Crippen MR) is 80.2 cm³/mol. The van der Waals surface area contributed by atoms with Crippen LogP contribution in [0.2, 0.25) is 0 Å².